The Morgan fingerprint density at radius 1 is 1.14 bits per heavy atom. The fourth-order valence-corrected chi connectivity index (χ4v) is 4.16. The predicted octanol–water partition coefficient (Wildman–Crippen LogP) is 2.53. The van der Waals surface area contributed by atoms with Crippen molar-refractivity contribution in [1.82, 2.24) is 20.4 Å². The molecule has 7 nitrogen and oxygen atoms in total. The van der Waals surface area contributed by atoms with E-state index in [1.54, 1.807) is 4.90 Å². The number of hydrogen-bond donors (Lipinski definition) is 2. The molecule has 1 atom stereocenters. The third kappa shape index (κ3) is 6.83. The molecule has 2 aliphatic rings. The maximum absolute atomic E-state index is 11.8. The minimum absolute atomic E-state index is 0.195. The van der Waals surface area contributed by atoms with Gasteiger partial charge in [0, 0.05) is 38.8 Å². The van der Waals surface area contributed by atoms with E-state index in [4.69, 9.17) is 4.74 Å². The summed E-state index contributed by atoms with van der Waals surface area (Å²) in [6.45, 7) is 14.0. The van der Waals surface area contributed by atoms with Gasteiger partial charge in [-0.05, 0) is 57.5 Å². The molecule has 0 radical (unpaired) electrons. The monoisotopic (exact) mass is 395 g/mol. The Kier molecular flexibility index (Phi) is 9.35. The molecule has 2 heterocycles. The van der Waals surface area contributed by atoms with Gasteiger partial charge in [-0.1, -0.05) is 20.8 Å². The number of likely N-dealkylation sites (tertiary alicyclic amines) is 2. The molecular formula is C21H41N5O2. The van der Waals surface area contributed by atoms with Crippen LogP contribution in [0.3, 0.4) is 0 Å². The second kappa shape index (κ2) is 11.5. The van der Waals surface area contributed by atoms with Gasteiger partial charge in [0.05, 0.1) is 6.61 Å². The van der Waals surface area contributed by atoms with Crippen LogP contribution in [0.2, 0.25) is 0 Å². The molecule has 2 rings (SSSR count). The van der Waals surface area contributed by atoms with Crippen molar-refractivity contribution in [3.8, 4) is 0 Å². The Bertz CT molecular complexity index is 495. The molecule has 0 aliphatic carbocycles. The first-order chi connectivity index (χ1) is 13.4. The first-order valence-corrected chi connectivity index (χ1v) is 11.1. The van der Waals surface area contributed by atoms with Crippen molar-refractivity contribution in [2.75, 3.05) is 46.4 Å². The molecule has 1 amide bonds. The number of carbonyl (C=O) groups excluding carboxylic acids is 1. The van der Waals surface area contributed by atoms with E-state index in [9.17, 15) is 4.79 Å². The summed E-state index contributed by atoms with van der Waals surface area (Å²) >= 11 is 0. The van der Waals surface area contributed by atoms with Crippen LogP contribution < -0.4 is 10.6 Å². The predicted molar refractivity (Wildman–Crippen MR) is 115 cm³/mol. The highest BCUT2D eigenvalue weighted by Gasteiger charge is 2.27. The summed E-state index contributed by atoms with van der Waals surface area (Å²) in [5, 5.41) is 7.10. The van der Waals surface area contributed by atoms with Gasteiger partial charge >= 0.3 is 6.09 Å². The molecule has 2 aliphatic heterocycles. The van der Waals surface area contributed by atoms with Crippen LogP contribution in [-0.4, -0.2) is 80.3 Å². The zero-order valence-corrected chi connectivity index (χ0v) is 18.5. The van der Waals surface area contributed by atoms with E-state index in [1.165, 1.54) is 25.9 Å². The van der Waals surface area contributed by atoms with Crippen molar-refractivity contribution in [2.45, 2.75) is 65.5 Å². The maximum Gasteiger partial charge on any atom is 0.409 e. The number of aliphatic imine (C=N–C) groups is 1. The SMILES string of the molecule is CCOC(=O)N1CCC(NC(=NC)NCC(C(C)C)N2CCC(C)CC2)CC1. The number of nitrogens with one attached hydrogen (secondary N) is 2. The van der Waals surface area contributed by atoms with Gasteiger partial charge in [0.2, 0.25) is 0 Å². The lowest BCUT2D eigenvalue weighted by atomic mass is 9.94. The number of guanidine groups is 1. The summed E-state index contributed by atoms with van der Waals surface area (Å²) in [5.74, 6) is 2.32. The highest BCUT2D eigenvalue weighted by molar-refractivity contribution is 5.80. The van der Waals surface area contributed by atoms with Gasteiger partial charge in [-0.2, -0.15) is 0 Å². The molecular weight excluding hydrogens is 354 g/mol. The van der Waals surface area contributed by atoms with E-state index in [0.717, 1.165) is 44.4 Å². The van der Waals surface area contributed by atoms with Gasteiger partial charge < -0.3 is 20.3 Å². The Morgan fingerprint density at radius 2 is 1.79 bits per heavy atom. The lowest BCUT2D eigenvalue weighted by molar-refractivity contribution is 0.0961. The van der Waals surface area contributed by atoms with Crippen molar-refractivity contribution < 1.29 is 9.53 Å². The van der Waals surface area contributed by atoms with Crippen molar-refractivity contribution >= 4 is 12.1 Å². The molecule has 0 saturated carbocycles. The smallest absolute Gasteiger partial charge is 0.409 e. The zero-order valence-electron chi connectivity index (χ0n) is 18.5. The highest BCUT2D eigenvalue weighted by atomic mass is 16.6. The number of hydrogen-bond acceptors (Lipinski definition) is 4. The van der Waals surface area contributed by atoms with Gasteiger partial charge in [-0.25, -0.2) is 4.79 Å². The Morgan fingerprint density at radius 3 is 2.32 bits per heavy atom. The van der Waals surface area contributed by atoms with Crippen molar-refractivity contribution in [2.24, 2.45) is 16.8 Å². The number of nitrogens with zero attached hydrogens (tertiary/aromatic N) is 3. The maximum atomic E-state index is 11.8. The second-order valence-electron chi connectivity index (χ2n) is 8.59. The molecule has 0 spiro atoms. The average molecular weight is 396 g/mol. The third-order valence-corrected chi connectivity index (χ3v) is 6.12. The minimum Gasteiger partial charge on any atom is -0.450 e. The number of carbonyl (C=O) groups is 1. The van der Waals surface area contributed by atoms with Crippen LogP contribution in [0.4, 0.5) is 4.79 Å². The van der Waals surface area contributed by atoms with Gasteiger partial charge in [0.25, 0.3) is 0 Å². The van der Waals surface area contributed by atoms with Crippen molar-refractivity contribution in [3.05, 3.63) is 0 Å². The summed E-state index contributed by atoms with van der Waals surface area (Å²) in [5.41, 5.74) is 0. The van der Waals surface area contributed by atoms with E-state index in [1.807, 2.05) is 14.0 Å². The zero-order chi connectivity index (χ0) is 20.5. The second-order valence-corrected chi connectivity index (χ2v) is 8.59. The molecule has 0 aromatic heterocycles. The summed E-state index contributed by atoms with van der Waals surface area (Å²) < 4.78 is 5.10. The van der Waals surface area contributed by atoms with Crippen LogP contribution in [0.15, 0.2) is 4.99 Å². The molecule has 0 aromatic carbocycles. The molecule has 162 valence electrons. The third-order valence-electron chi connectivity index (χ3n) is 6.12. The van der Waals surface area contributed by atoms with Gasteiger partial charge in [-0.3, -0.25) is 9.89 Å². The average Bonchev–Trinajstić information content (AvgIpc) is 2.69. The Hall–Kier alpha value is -1.50. The summed E-state index contributed by atoms with van der Waals surface area (Å²) in [4.78, 5) is 20.7. The van der Waals surface area contributed by atoms with Crippen LogP contribution in [0.5, 0.6) is 0 Å². The first kappa shape index (κ1) is 22.8. The minimum atomic E-state index is -0.195. The molecule has 2 N–H and O–H groups in total. The molecule has 7 heteroatoms. The van der Waals surface area contributed by atoms with Crippen molar-refractivity contribution in [3.63, 3.8) is 0 Å². The Balaban J connectivity index is 1.78. The number of rotatable bonds is 6. The molecule has 2 saturated heterocycles. The van der Waals surface area contributed by atoms with Crippen LogP contribution >= 0.6 is 0 Å². The molecule has 28 heavy (non-hydrogen) atoms. The van der Waals surface area contributed by atoms with E-state index in [0.29, 0.717) is 24.6 Å². The summed E-state index contributed by atoms with van der Waals surface area (Å²) in [6.07, 6.45) is 4.23. The highest BCUT2D eigenvalue weighted by Crippen LogP contribution is 2.21. The standard InChI is InChI=1S/C21H41N5O2/c1-6-28-21(27)26-13-9-18(10-14-26)24-20(22-5)23-15-19(16(2)3)25-11-7-17(4)8-12-25/h16-19H,6-15H2,1-5H3,(H2,22,23,24). The molecule has 0 bridgehead atoms. The van der Waals surface area contributed by atoms with E-state index < -0.39 is 0 Å². The van der Waals surface area contributed by atoms with Crippen LogP contribution in [-0.2, 0) is 4.74 Å². The fourth-order valence-electron chi connectivity index (χ4n) is 4.16. The van der Waals surface area contributed by atoms with Gasteiger partial charge in [0.15, 0.2) is 5.96 Å². The lowest BCUT2D eigenvalue weighted by Gasteiger charge is -2.39. The van der Waals surface area contributed by atoms with Crippen LogP contribution in [0.25, 0.3) is 0 Å². The van der Waals surface area contributed by atoms with Crippen LogP contribution in [0, 0.1) is 11.8 Å². The largest absolute Gasteiger partial charge is 0.450 e. The number of ether oxygens (including phenoxy) is 1. The summed E-state index contributed by atoms with van der Waals surface area (Å²) in [6, 6.07) is 0.863. The van der Waals surface area contributed by atoms with Gasteiger partial charge in [-0.15, -0.1) is 0 Å². The molecule has 1 unspecified atom stereocenters. The van der Waals surface area contributed by atoms with E-state index in [-0.39, 0.29) is 6.09 Å². The molecule has 2 fully saturated rings. The Labute approximate surface area is 171 Å². The number of piperidine rings is 2. The van der Waals surface area contributed by atoms with E-state index in [2.05, 4.69) is 41.3 Å². The van der Waals surface area contributed by atoms with E-state index >= 15 is 0 Å². The topological polar surface area (TPSA) is 69.2 Å². The normalized spacial score (nSPS) is 21.6. The van der Waals surface area contributed by atoms with Crippen molar-refractivity contribution in [1.29, 1.82) is 0 Å². The lowest BCUT2D eigenvalue weighted by Crippen LogP contribution is -2.54. The molecule has 0 aromatic rings. The first-order valence-electron chi connectivity index (χ1n) is 11.1. The fraction of sp³-hybridized carbons (Fsp3) is 0.905. The van der Waals surface area contributed by atoms with Crippen LogP contribution in [0.1, 0.15) is 53.4 Å². The summed E-state index contributed by atoms with van der Waals surface area (Å²) in [7, 11) is 1.83. The number of amides is 1. The van der Waals surface area contributed by atoms with Gasteiger partial charge in [0.1, 0.15) is 0 Å². The quantitative estimate of drug-likeness (QED) is 0.534.